The molecular weight excluding hydrogens is 376 g/mol. The molecule has 0 aliphatic rings. The number of amides is 1. The second kappa shape index (κ2) is 8.41. The molecule has 0 atom stereocenters. The number of hydrogen-bond donors (Lipinski definition) is 0. The highest BCUT2D eigenvalue weighted by Gasteiger charge is 2.22. The van der Waals surface area contributed by atoms with Gasteiger partial charge in [0, 0.05) is 6.54 Å². The van der Waals surface area contributed by atoms with E-state index >= 15 is 0 Å². The summed E-state index contributed by atoms with van der Waals surface area (Å²) < 4.78 is 3.17. The minimum atomic E-state index is -0.429. The molecule has 29 heavy (non-hydrogen) atoms. The molecule has 3 aromatic carbocycles. The van der Waals surface area contributed by atoms with Crippen molar-refractivity contribution in [3.8, 4) is 0 Å². The first-order valence-electron chi connectivity index (χ1n) is 9.56. The number of carbonyl (C=O) groups is 1. The first kappa shape index (κ1) is 19.1. The average molecular weight is 399 g/mol. The van der Waals surface area contributed by atoms with Crippen molar-refractivity contribution in [3.63, 3.8) is 0 Å². The SMILES string of the molecule is C=CCn1c(=NC(=O)C(c2ccccc2)c2ccccc2)sc2cc(C)ccc21. The Kier molecular flexibility index (Phi) is 5.54. The summed E-state index contributed by atoms with van der Waals surface area (Å²) in [6, 6.07) is 26.0. The molecule has 1 amide bonds. The van der Waals surface area contributed by atoms with Crippen LogP contribution >= 0.6 is 11.3 Å². The Morgan fingerprint density at radius 2 is 1.66 bits per heavy atom. The van der Waals surface area contributed by atoms with Crippen molar-refractivity contribution in [1.82, 2.24) is 4.57 Å². The first-order valence-corrected chi connectivity index (χ1v) is 10.4. The molecule has 4 heteroatoms. The molecule has 3 nitrogen and oxygen atoms in total. The van der Waals surface area contributed by atoms with Crippen molar-refractivity contribution in [1.29, 1.82) is 0 Å². The van der Waals surface area contributed by atoms with Crippen LogP contribution in [0.1, 0.15) is 22.6 Å². The monoisotopic (exact) mass is 398 g/mol. The third kappa shape index (κ3) is 3.98. The van der Waals surface area contributed by atoms with Crippen LogP contribution in [0.3, 0.4) is 0 Å². The van der Waals surface area contributed by atoms with E-state index in [2.05, 4.69) is 41.3 Å². The topological polar surface area (TPSA) is 34.4 Å². The molecule has 0 radical (unpaired) electrons. The number of thiazole rings is 1. The standard InChI is InChI=1S/C25H22N2OS/c1-3-16-27-21-15-14-18(2)17-22(21)29-25(27)26-24(28)23(19-10-6-4-7-11-19)20-12-8-5-9-13-20/h3-15,17,23H,1,16H2,2H3. The summed E-state index contributed by atoms with van der Waals surface area (Å²) in [5.41, 5.74) is 4.15. The molecule has 144 valence electrons. The summed E-state index contributed by atoms with van der Waals surface area (Å²) in [5.74, 6) is -0.593. The maximum absolute atomic E-state index is 13.4. The van der Waals surface area contributed by atoms with Gasteiger partial charge in [-0.25, -0.2) is 0 Å². The molecule has 1 aromatic heterocycles. The predicted octanol–water partition coefficient (Wildman–Crippen LogP) is 5.46. The number of aryl methyl sites for hydroxylation is 1. The van der Waals surface area contributed by atoms with Crippen molar-refractivity contribution in [2.75, 3.05) is 0 Å². The number of nitrogens with zero attached hydrogens (tertiary/aromatic N) is 2. The van der Waals surface area contributed by atoms with Gasteiger partial charge < -0.3 is 4.57 Å². The Labute approximate surface area is 174 Å². The molecule has 0 saturated carbocycles. The molecule has 4 aromatic rings. The van der Waals surface area contributed by atoms with Gasteiger partial charge in [-0.05, 0) is 35.7 Å². The third-order valence-corrected chi connectivity index (χ3v) is 5.91. The van der Waals surface area contributed by atoms with Crippen molar-refractivity contribution in [3.05, 3.63) is 113 Å². The summed E-state index contributed by atoms with van der Waals surface area (Å²) in [6.45, 7) is 6.54. The van der Waals surface area contributed by atoms with Gasteiger partial charge in [-0.3, -0.25) is 4.79 Å². The molecule has 0 aliphatic heterocycles. The molecule has 4 rings (SSSR count). The summed E-state index contributed by atoms with van der Waals surface area (Å²) in [7, 11) is 0. The van der Waals surface area contributed by atoms with Gasteiger partial charge in [0.2, 0.25) is 0 Å². The van der Waals surface area contributed by atoms with E-state index in [1.807, 2.05) is 66.7 Å². The van der Waals surface area contributed by atoms with Crippen LogP contribution in [0.15, 0.2) is 96.5 Å². The Hall–Kier alpha value is -3.24. The van der Waals surface area contributed by atoms with Gasteiger partial charge in [0.1, 0.15) is 0 Å². The van der Waals surface area contributed by atoms with Crippen molar-refractivity contribution >= 4 is 27.5 Å². The normalized spacial score (nSPS) is 11.9. The summed E-state index contributed by atoms with van der Waals surface area (Å²) in [5, 5.41) is 0. The van der Waals surface area contributed by atoms with Gasteiger partial charge in [0.25, 0.3) is 5.91 Å². The molecule has 0 bridgehead atoms. The second-order valence-electron chi connectivity index (χ2n) is 6.96. The van der Waals surface area contributed by atoms with Gasteiger partial charge in [-0.15, -0.1) is 6.58 Å². The molecule has 0 N–H and O–H groups in total. The van der Waals surface area contributed by atoms with Crippen LogP contribution in [-0.4, -0.2) is 10.5 Å². The zero-order valence-corrected chi connectivity index (χ0v) is 17.1. The van der Waals surface area contributed by atoms with E-state index in [1.165, 1.54) is 5.56 Å². The van der Waals surface area contributed by atoms with Crippen LogP contribution < -0.4 is 4.80 Å². The lowest BCUT2D eigenvalue weighted by molar-refractivity contribution is -0.118. The van der Waals surface area contributed by atoms with Crippen LogP contribution in [0, 0.1) is 6.92 Å². The van der Waals surface area contributed by atoms with Crippen molar-refractivity contribution < 1.29 is 4.79 Å². The Balaban J connectivity index is 1.86. The minimum Gasteiger partial charge on any atom is -0.313 e. The molecule has 0 spiro atoms. The van der Waals surface area contributed by atoms with Gasteiger partial charge in [-0.1, -0.05) is 84.1 Å². The number of aromatic nitrogens is 1. The average Bonchev–Trinajstić information content (AvgIpc) is 3.06. The number of fused-ring (bicyclic) bond motifs is 1. The zero-order chi connectivity index (χ0) is 20.2. The van der Waals surface area contributed by atoms with Crippen molar-refractivity contribution in [2.45, 2.75) is 19.4 Å². The van der Waals surface area contributed by atoms with E-state index in [0.717, 1.165) is 21.3 Å². The molecule has 0 fully saturated rings. The fourth-order valence-electron chi connectivity index (χ4n) is 3.50. The predicted molar refractivity (Wildman–Crippen MR) is 120 cm³/mol. The number of allylic oxidation sites excluding steroid dienone is 1. The molecular formula is C25H22N2OS. The zero-order valence-electron chi connectivity index (χ0n) is 16.3. The summed E-state index contributed by atoms with van der Waals surface area (Å²) in [6.07, 6.45) is 1.83. The van der Waals surface area contributed by atoms with Gasteiger partial charge >= 0.3 is 0 Å². The Morgan fingerprint density at radius 1 is 1.03 bits per heavy atom. The third-order valence-electron chi connectivity index (χ3n) is 4.87. The minimum absolute atomic E-state index is 0.163. The fourth-order valence-corrected chi connectivity index (χ4v) is 4.64. The molecule has 1 heterocycles. The second-order valence-corrected chi connectivity index (χ2v) is 7.97. The van der Waals surface area contributed by atoms with Crippen LogP contribution in [-0.2, 0) is 11.3 Å². The number of rotatable bonds is 5. The van der Waals surface area contributed by atoms with Gasteiger partial charge in [-0.2, -0.15) is 4.99 Å². The van der Waals surface area contributed by atoms with Crippen LogP contribution in [0.5, 0.6) is 0 Å². The summed E-state index contributed by atoms with van der Waals surface area (Å²) >= 11 is 1.54. The largest absolute Gasteiger partial charge is 0.313 e. The van der Waals surface area contributed by atoms with E-state index in [1.54, 1.807) is 11.3 Å². The van der Waals surface area contributed by atoms with E-state index in [4.69, 9.17) is 0 Å². The Morgan fingerprint density at radius 3 is 2.24 bits per heavy atom. The highest BCUT2D eigenvalue weighted by molar-refractivity contribution is 7.16. The highest BCUT2D eigenvalue weighted by atomic mass is 32.1. The lowest BCUT2D eigenvalue weighted by Crippen LogP contribution is -2.20. The maximum Gasteiger partial charge on any atom is 0.260 e. The van der Waals surface area contributed by atoms with Crippen LogP contribution in [0.2, 0.25) is 0 Å². The first-order chi connectivity index (χ1) is 14.2. The highest BCUT2D eigenvalue weighted by Crippen LogP contribution is 2.26. The number of carbonyl (C=O) groups excluding carboxylic acids is 1. The molecule has 0 saturated heterocycles. The van der Waals surface area contributed by atoms with Gasteiger partial charge in [0.15, 0.2) is 4.80 Å². The van der Waals surface area contributed by atoms with E-state index in [9.17, 15) is 4.79 Å². The van der Waals surface area contributed by atoms with E-state index in [-0.39, 0.29) is 5.91 Å². The Bertz CT molecular complexity index is 1180. The van der Waals surface area contributed by atoms with Gasteiger partial charge in [0.05, 0.1) is 16.1 Å². The molecule has 0 aliphatic carbocycles. The molecule has 0 unspecified atom stereocenters. The number of hydrogen-bond acceptors (Lipinski definition) is 2. The van der Waals surface area contributed by atoms with Crippen molar-refractivity contribution in [2.24, 2.45) is 4.99 Å². The van der Waals surface area contributed by atoms with E-state index in [0.29, 0.717) is 11.3 Å². The quantitative estimate of drug-likeness (QED) is 0.411. The lowest BCUT2D eigenvalue weighted by atomic mass is 9.91. The smallest absolute Gasteiger partial charge is 0.260 e. The maximum atomic E-state index is 13.4. The number of benzene rings is 3. The lowest BCUT2D eigenvalue weighted by Gasteiger charge is -2.14. The summed E-state index contributed by atoms with van der Waals surface area (Å²) in [4.78, 5) is 18.7. The fraction of sp³-hybridized carbons (Fsp3) is 0.120. The van der Waals surface area contributed by atoms with Crippen LogP contribution in [0.25, 0.3) is 10.2 Å². The van der Waals surface area contributed by atoms with E-state index < -0.39 is 5.92 Å². The van der Waals surface area contributed by atoms with Crippen LogP contribution in [0.4, 0.5) is 0 Å².